The van der Waals surface area contributed by atoms with Gasteiger partial charge in [-0.25, -0.2) is 0 Å². The molecule has 0 heterocycles. The van der Waals surface area contributed by atoms with Crippen LogP contribution in [-0.4, -0.2) is 24.3 Å². The first kappa shape index (κ1) is 25.5. The molecule has 35 heavy (non-hydrogen) atoms. The zero-order valence-electron chi connectivity index (χ0n) is 20.1. The maximum atomic E-state index is 12.3. The van der Waals surface area contributed by atoms with E-state index >= 15 is 0 Å². The lowest BCUT2D eigenvalue weighted by atomic mass is 10.1. The molecule has 0 spiro atoms. The molecule has 3 amide bonds. The third-order valence-electron chi connectivity index (χ3n) is 5.15. The van der Waals surface area contributed by atoms with Crippen LogP contribution in [0.1, 0.15) is 32.3 Å². The summed E-state index contributed by atoms with van der Waals surface area (Å²) < 4.78 is 0. The van der Waals surface area contributed by atoms with Crippen LogP contribution in [0.3, 0.4) is 0 Å². The van der Waals surface area contributed by atoms with Crippen LogP contribution in [0, 0.1) is 5.92 Å². The summed E-state index contributed by atoms with van der Waals surface area (Å²) in [4.78, 5) is 36.3. The Morgan fingerprint density at radius 1 is 0.629 bits per heavy atom. The molecule has 3 aromatic rings. The van der Waals surface area contributed by atoms with Crippen molar-refractivity contribution in [3.05, 3.63) is 84.4 Å². The molecule has 0 radical (unpaired) electrons. The number of benzene rings is 3. The van der Waals surface area contributed by atoms with Crippen LogP contribution in [0.25, 0.3) is 0 Å². The molecule has 7 heteroatoms. The molecule has 3 aromatic carbocycles. The van der Waals surface area contributed by atoms with Crippen molar-refractivity contribution >= 4 is 40.5 Å². The fourth-order valence-electron chi connectivity index (χ4n) is 3.40. The molecule has 0 unspecified atom stereocenters. The Labute approximate surface area is 206 Å². The summed E-state index contributed by atoms with van der Waals surface area (Å²) in [5.41, 5.74) is 3.94. The fourth-order valence-corrected chi connectivity index (χ4v) is 3.40. The van der Waals surface area contributed by atoms with E-state index in [4.69, 9.17) is 0 Å². The number of hydrogen-bond donors (Lipinski definition) is 4. The maximum absolute atomic E-state index is 12.3. The molecule has 0 saturated carbocycles. The van der Waals surface area contributed by atoms with Gasteiger partial charge in [0.2, 0.25) is 17.7 Å². The fraction of sp³-hybridized carbons (Fsp3) is 0.250. The molecule has 3 rings (SSSR count). The standard InChI is InChI=1S/C28H32N4O3/c1-20(2)18-27(34)31-24-13-15-25(16-14-24)32-28(35)19-29-22-9-11-23(12-10-22)30-26(33)17-8-21-6-4-3-5-7-21/h3-7,9-16,20,29H,8,17-19H2,1-2H3,(H,30,33)(H,31,34)(H,32,35). The summed E-state index contributed by atoms with van der Waals surface area (Å²) >= 11 is 0. The van der Waals surface area contributed by atoms with Gasteiger partial charge in [-0.3, -0.25) is 14.4 Å². The van der Waals surface area contributed by atoms with Crippen molar-refractivity contribution in [3.8, 4) is 0 Å². The minimum Gasteiger partial charge on any atom is -0.376 e. The van der Waals surface area contributed by atoms with E-state index < -0.39 is 0 Å². The highest BCUT2D eigenvalue weighted by Gasteiger charge is 2.07. The van der Waals surface area contributed by atoms with E-state index in [0.717, 1.165) is 11.3 Å². The number of amides is 3. The monoisotopic (exact) mass is 472 g/mol. The van der Waals surface area contributed by atoms with Crippen LogP contribution in [0.4, 0.5) is 22.7 Å². The van der Waals surface area contributed by atoms with E-state index in [1.807, 2.05) is 56.3 Å². The predicted molar refractivity (Wildman–Crippen MR) is 141 cm³/mol. The molecule has 0 aromatic heterocycles. The van der Waals surface area contributed by atoms with Gasteiger partial charge in [0.05, 0.1) is 6.54 Å². The molecule has 0 saturated heterocycles. The molecule has 0 fully saturated rings. The second-order valence-corrected chi connectivity index (χ2v) is 8.74. The summed E-state index contributed by atoms with van der Waals surface area (Å²) in [6.07, 6.45) is 1.57. The maximum Gasteiger partial charge on any atom is 0.243 e. The number of carbonyl (C=O) groups is 3. The molecule has 0 aliphatic carbocycles. The Hall–Kier alpha value is -4.13. The highest BCUT2D eigenvalue weighted by molar-refractivity contribution is 5.95. The summed E-state index contributed by atoms with van der Waals surface area (Å²) in [6, 6.07) is 24.1. The van der Waals surface area contributed by atoms with Crippen molar-refractivity contribution in [2.75, 3.05) is 27.8 Å². The molecule has 0 bridgehead atoms. The van der Waals surface area contributed by atoms with Crippen LogP contribution in [-0.2, 0) is 20.8 Å². The Kier molecular flexibility index (Phi) is 9.42. The number of nitrogens with one attached hydrogen (secondary N) is 4. The highest BCUT2D eigenvalue weighted by Crippen LogP contribution is 2.16. The van der Waals surface area contributed by atoms with Gasteiger partial charge in [-0.2, -0.15) is 0 Å². The van der Waals surface area contributed by atoms with E-state index in [2.05, 4.69) is 21.3 Å². The Morgan fingerprint density at radius 3 is 1.66 bits per heavy atom. The van der Waals surface area contributed by atoms with E-state index in [9.17, 15) is 14.4 Å². The summed E-state index contributed by atoms with van der Waals surface area (Å²) in [7, 11) is 0. The van der Waals surface area contributed by atoms with E-state index in [1.165, 1.54) is 0 Å². The van der Waals surface area contributed by atoms with Gasteiger partial charge in [0, 0.05) is 35.6 Å². The molecular weight excluding hydrogens is 440 g/mol. The van der Waals surface area contributed by atoms with E-state index in [0.29, 0.717) is 42.2 Å². The Bertz CT molecular complexity index is 1110. The Morgan fingerprint density at radius 2 is 1.11 bits per heavy atom. The minimum absolute atomic E-state index is 0.0289. The van der Waals surface area contributed by atoms with Crippen molar-refractivity contribution in [2.24, 2.45) is 5.92 Å². The molecular formula is C28H32N4O3. The molecule has 4 N–H and O–H groups in total. The van der Waals surface area contributed by atoms with Crippen LogP contribution >= 0.6 is 0 Å². The summed E-state index contributed by atoms with van der Waals surface area (Å²) in [5, 5.41) is 11.6. The largest absolute Gasteiger partial charge is 0.376 e. The third-order valence-corrected chi connectivity index (χ3v) is 5.15. The average molecular weight is 473 g/mol. The predicted octanol–water partition coefficient (Wildman–Crippen LogP) is 5.29. The van der Waals surface area contributed by atoms with Gasteiger partial charge >= 0.3 is 0 Å². The lowest BCUT2D eigenvalue weighted by Gasteiger charge is -2.11. The quantitative estimate of drug-likeness (QED) is 0.305. The molecule has 0 aliphatic rings. The summed E-state index contributed by atoms with van der Waals surface area (Å²) in [5.74, 6) is 0.0269. The third kappa shape index (κ3) is 9.33. The number of aryl methyl sites for hydroxylation is 1. The smallest absolute Gasteiger partial charge is 0.243 e. The van der Waals surface area contributed by atoms with Crippen molar-refractivity contribution in [1.29, 1.82) is 0 Å². The van der Waals surface area contributed by atoms with Gasteiger partial charge in [-0.05, 0) is 66.4 Å². The van der Waals surface area contributed by atoms with E-state index in [1.54, 1.807) is 36.4 Å². The molecule has 0 aliphatic heterocycles. The molecule has 182 valence electrons. The van der Waals surface area contributed by atoms with Crippen LogP contribution < -0.4 is 21.3 Å². The van der Waals surface area contributed by atoms with Gasteiger partial charge in [0.1, 0.15) is 0 Å². The highest BCUT2D eigenvalue weighted by atomic mass is 16.2. The minimum atomic E-state index is -0.195. The van der Waals surface area contributed by atoms with Gasteiger partial charge in [-0.15, -0.1) is 0 Å². The van der Waals surface area contributed by atoms with Crippen molar-refractivity contribution in [3.63, 3.8) is 0 Å². The van der Waals surface area contributed by atoms with Crippen molar-refractivity contribution < 1.29 is 14.4 Å². The topological polar surface area (TPSA) is 99.3 Å². The SMILES string of the molecule is CC(C)CC(=O)Nc1ccc(NC(=O)CNc2ccc(NC(=O)CCc3ccccc3)cc2)cc1. The second kappa shape index (κ2) is 12.9. The number of carbonyl (C=O) groups excluding carboxylic acids is 3. The van der Waals surface area contributed by atoms with Crippen molar-refractivity contribution in [2.45, 2.75) is 33.1 Å². The van der Waals surface area contributed by atoms with Crippen LogP contribution in [0.2, 0.25) is 0 Å². The zero-order valence-corrected chi connectivity index (χ0v) is 20.1. The van der Waals surface area contributed by atoms with Gasteiger partial charge in [0.25, 0.3) is 0 Å². The zero-order chi connectivity index (χ0) is 25.0. The first-order valence-electron chi connectivity index (χ1n) is 11.7. The number of anilines is 4. The lowest BCUT2D eigenvalue weighted by Crippen LogP contribution is -2.21. The first-order chi connectivity index (χ1) is 16.9. The van der Waals surface area contributed by atoms with Gasteiger partial charge in [0.15, 0.2) is 0 Å². The Balaban J connectivity index is 1.39. The molecule has 0 atom stereocenters. The normalized spacial score (nSPS) is 10.5. The lowest BCUT2D eigenvalue weighted by molar-refractivity contribution is -0.117. The second-order valence-electron chi connectivity index (χ2n) is 8.74. The average Bonchev–Trinajstić information content (AvgIpc) is 2.84. The first-order valence-corrected chi connectivity index (χ1v) is 11.7. The van der Waals surface area contributed by atoms with E-state index in [-0.39, 0.29) is 24.3 Å². The van der Waals surface area contributed by atoms with Gasteiger partial charge < -0.3 is 21.3 Å². The van der Waals surface area contributed by atoms with Gasteiger partial charge in [-0.1, -0.05) is 44.2 Å². The summed E-state index contributed by atoms with van der Waals surface area (Å²) in [6.45, 7) is 4.08. The van der Waals surface area contributed by atoms with Crippen LogP contribution in [0.5, 0.6) is 0 Å². The molecule has 7 nitrogen and oxygen atoms in total. The van der Waals surface area contributed by atoms with Crippen LogP contribution in [0.15, 0.2) is 78.9 Å². The number of rotatable bonds is 11. The number of hydrogen-bond acceptors (Lipinski definition) is 4. The van der Waals surface area contributed by atoms with Crippen molar-refractivity contribution in [1.82, 2.24) is 0 Å².